The average molecular weight is 361 g/mol. The van der Waals surface area contributed by atoms with Crippen molar-refractivity contribution in [1.29, 1.82) is 0 Å². The predicted octanol–water partition coefficient (Wildman–Crippen LogP) is 4.13. The summed E-state index contributed by atoms with van der Waals surface area (Å²) < 4.78 is 1.83. The SMILES string of the molecule is O=C(NCCC1CCC1)c1cc(Br)cc(Br)c1. The minimum absolute atomic E-state index is 0.00586. The lowest BCUT2D eigenvalue weighted by Crippen LogP contribution is -2.27. The Balaban J connectivity index is 1.85. The first-order valence-corrected chi connectivity index (χ1v) is 7.48. The van der Waals surface area contributed by atoms with Gasteiger partial charge in [0.15, 0.2) is 0 Å². The Hall–Kier alpha value is -0.350. The van der Waals surface area contributed by atoms with Crippen LogP contribution in [0.2, 0.25) is 0 Å². The Labute approximate surface area is 118 Å². The molecule has 2 rings (SSSR count). The molecule has 1 amide bonds. The van der Waals surface area contributed by atoms with Crippen molar-refractivity contribution in [3.8, 4) is 0 Å². The van der Waals surface area contributed by atoms with Gasteiger partial charge in [-0.1, -0.05) is 51.1 Å². The molecule has 0 spiro atoms. The van der Waals surface area contributed by atoms with Crippen LogP contribution in [0.4, 0.5) is 0 Å². The second kappa shape index (κ2) is 6.01. The Morgan fingerprint density at radius 3 is 2.41 bits per heavy atom. The van der Waals surface area contributed by atoms with Crippen molar-refractivity contribution in [2.24, 2.45) is 5.92 Å². The first-order chi connectivity index (χ1) is 8.15. The van der Waals surface area contributed by atoms with Crippen molar-refractivity contribution in [2.45, 2.75) is 25.7 Å². The largest absolute Gasteiger partial charge is 0.352 e. The first-order valence-electron chi connectivity index (χ1n) is 5.89. The quantitative estimate of drug-likeness (QED) is 0.859. The summed E-state index contributed by atoms with van der Waals surface area (Å²) in [4.78, 5) is 11.9. The van der Waals surface area contributed by atoms with Gasteiger partial charge in [-0.15, -0.1) is 0 Å². The van der Waals surface area contributed by atoms with Gasteiger partial charge >= 0.3 is 0 Å². The molecule has 1 fully saturated rings. The third-order valence-electron chi connectivity index (χ3n) is 3.19. The van der Waals surface area contributed by atoms with Crippen LogP contribution in [0.1, 0.15) is 36.0 Å². The molecule has 1 aliphatic carbocycles. The molecular weight excluding hydrogens is 346 g/mol. The van der Waals surface area contributed by atoms with Crippen LogP contribution in [0.15, 0.2) is 27.1 Å². The molecule has 1 N–H and O–H groups in total. The Morgan fingerprint density at radius 2 is 1.88 bits per heavy atom. The molecule has 0 heterocycles. The lowest BCUT2D eigenvalue weighted by atomic mass is 9.83. The summed E-state index contributed by atoms with van der Waals surface area (Å²) in [5.74, 6) is 0.843. The second-order valence-corrected chi connectivity index (χ2v) is 6.33. The number of nitrogens with one attached hydrogen (secondary N) is 1. The standard InChI is InChI=1S/C13H15Br2NO/c14-11-6-10(7-12(15)8-11)13(17)16-5-4-9-2-1-3-9/h6-9H,1-5H2,(H,16,17). The van der Waals surface area contributed by atoms with E-state index in [4.69, 9.17) is 0 Å². The van der Waals surface area contributed by atoms with E-state index in [1.54, 1.807) is 0 Å². The summed E-state index contributed by atoms with van der Waals surface area (Å²) >= 11 is 6.77. The van der Waals surface area contributed by atoms with Gasteiger partial charge in [-0.3, -0.25) is 4.79 Å². The van der Waals surface area contributed by atoms with Crippen molar-refractivity contribution >= 4 is 37.8 Å². The molecule has 0 radical (unpaired) electrons. The second-order valence-electron chi connectivity index (χ2n) is 4.50. The molecular formula is C13H15Br2NO. The molecule has 0 saturated heterocycles. The van der Waals surface area contributed by atoms with Crippen LogP contribution < -0.4 is 5.32 Å². The monoisotopic (exact) mass is 359 g/mol. The van der Waals surface area contributed by atoms with Crippen LogP contribution in [-0.2, 0) is 0 Å². The maximum absolute atomic E-state index is 11.9. The minimum Gasteiger partial charge on any atom is -0.352 e. The lowest BCUT2D eigenvalue weighted by molar-refractivity contribution is 0.0949. The molecule has 0 atom stereocenters. The van der Waals surface area contributed by atoms with Gasteiger partial charge in [0.2, 0.25) is 0 Å². The van der Waals surface area contributed by atoms with Crippen molar-refractivity contribution in [2.75, 3.05) is 6.54 Å². The van der Waals surface area contributed by atoms with Gasteiger partial charge in [-0.25, -0.2) is 0 Å². The van der Waals surface area contributed by atoms with Crippen LogP contribution in [-0.4, -0.2) is 12.5 Å². The van der Waals surface area contributed by atoms with Crippen molar-refractivity contribution in [3.05, 3.63) is 32.7 Å². The van der Waals surface area contributed by atoms with E-state index in [0.717, 1.165) is 27.8 Å². The molecule has 1 aromatic rings. The number of halogens is 2. The summed E-state index contributed by atoms with van der Waals surface area (Å²) in [5, 5.41) is 2.97. The number of rotatable bonds is 4. The predicted molar refractivity (Wildman–Crippen MR) is 76.1 cm³/mol. The van der Waals surface area contributed by atoms with E-state index in [1.165, 1.54) is 19.3 Å². The fourth-order valence-corrected chi connectivity index (χ4v) is 3.25. The van der Waals surface area contributed by atoms with E-state index in [-0.39, 0.29) is 5.91 Å². The van der Waals surface area contributed by atoms with Crippen LogP contribution in [0.3, 0.4) is 0 Å². The van der Waals surface area contributed by atoms with Crippen molar-refractivity contribution in [1.82, 2.24) is 5.32 Å². The molecule has 2 nitrogen and oxygen atoms in total. The summed E-state index contributed by atoms with van der Waals surface area (Å²) in [6, 6.07) is 5.60. The van der Waals surface area contributed by atoms with Crippen molar-refractivity contribution in [3.63, 3.8) is 0 Å². The van der Waals surface area contributed by atoms with Gasteiger partial charge in [-0.05, 0) is 30.5 Å². The third kappa shape index (κ3) is 3.81. The van der Waals surface area contributed by atoms with Gasteiger partial charge in [0.1, 0.15) is 0 Å². The van der Waals surface area contributed by atoms with Crippen LogP contribution in [0.25, 0.3) is 0 Å². The number of hydrogen-bond acceptors (Lipinski definition) is 1. The molecule has 0 aliphatic heterocycles. The van der Waals surface area contributed by atoms with Crippen molar-refractivity contribution < 1.29 is 4.79 Å². The Bertz CT molecular complexity index is 396. The Morgan fingerprint density at radius 1 is 1.24 bits per heavy atom. The fourth-order valence-electron chi connectivity index (χ4n) is 1.96. The first kappa shape index (κ1) is 13.1. The van der Waals surface area contributed by atoms with Gasteiger partial charge in [-0.2, -0.15) is 0 Å². The van der Waals surface area contributed by atoms with Gasteiger partial charge in [0, 0.05) is 21.1 Å². The maximum atomic E-state index is 11.9. The topological polar surface area (TPSA) is 29.1 Å². The average Bonchev–Trinajstić information content (AvgIpc) is 2.20. The molecule has 1 saturated carbocycles. The van der Waals surface area contributed by atoms with E-state index >= 15 is 0 Å². The number of amides is 1. The van der Waals surface area contributed by atoms with E-state index < -0.39 is 0 Å². The van der Waals surface area contributed by atoms with Gasteiger partial charge in [0.25, 0.3) is 5.91 Å². The molecule has 0 unspecified atom stereocenters. The zero-order chi connectivity index (χ0) is 12.3. The number of benzene rings is 1. The lowest BCUT2D eigenvalue weighted by Gasteiger charge is -2.25. The molecule has 1 aromatic carbocycles. The zero-order valence-electron chi connectivity index (χ0n) is 9.51. The zero-order valence-corrected chi connectivity index (χ0v) is 12.7. The van der Waals surface area contributed by atoms with E-state index in [2.05, 4.69) is 37.2 Å². The Kier molecular flexibility index (Phi) is 4.62. The summed E-state index contributed by atoms with van der Waals surface area (Å²) in [6.45, 7) is 0.785. The van der Waals surface area contributed by atoms with Crippen LogP contribution in [0, 0.1) is 5.92 Å². The van der Waals surface area contributed by atoms with Gasteiger partial charge < -0.3 is 5.32 Å². The van der Waals surface area contributed by atoms with E-state index in [1.807, 2.05) is 18.2 Å². The van der Waals surface area contributed by atoms with Gasteiger partial charge in [0.05, 0.1) is 0 Å². The summed E-state index contributed by atoms with van der Waals surface area (Å²) in [5.41, 5.74) is 0.694. The molecule has 0 bridgehead atoms. The highest BCUT2D eigenvalue weighted by molar-refractivity contribution is 9.11. The fraction of sp³-hybridized carbons (Fsp3) is 0.462. The smallest absolute Gasteiger partial charge is 0.251 e. The molecule has 4 heteroatoms. The number of hydrogen-bond donors (Lipinski definition) is 1. The van der Waals surface area contributed by atoms with Crippen LogP contribution >= 0.6 is 31.9 Å². The highest BCUT2D eigenvalue weighted by atomic mass is 79.9. The molecule has 17 heavy (non-hydrogen) atoms. The number of carbonyl (C=O) groups is 1. The van der Waals surface area contributed by atoms with E-state index in [0.29, 0.717) is 5.56 Å². The molecule has 92 valence electrons. The normalized spacial score (nSPS) is 15.4. The minimum atomic E-state index is 0.00586. The highest BCUT2D eigenvalue weighted by Gasteiger charge is 2.17. The van der Waals surface area contributed by atoms with E-state index in [9.17, 15) is 4.79 Å². The summed E-state index contributed by atoms with van der Waals surface area (Å²) in [7, 11) is 0. The highest BCUT2D eigenvalue weighted by Crippen LogP contribution is 2.28. The van der Waals surface area contributed by atoms with Crippen LogP contribution in [0.5, 0.6) is 0 Å². The molecule has 0 aromatic heterocycles. The molecule has 1 aliphatic rings. The maximum Gasteiger partial charge on any atom is 0.251 e. The third-order valence-corrected chi connectivity index (χ3v) is 4.10. The summed E-state index contributed by atoms with van der Waals surface area (Å²) in [6.07, 6.45) is 5.13. The number of carbonyl (C=O) groups excluding carboxylic acids is 1.